The minimum absolute atomic E-state index is 0.0287. The Morgan fingerprint density at radius 1 is 0.735 bits per heavy atom. The fourth-order valence-corrected chi connectivity index (χ4v) is 4.10. The number of carbonyl (C=O) groups excluding carboxylic acids is 2. The van der Waals surface area contributed by atoms with Gasteiger partial charge in [-0.1, -0.05) is 42.5 Å². The minimum atomic E-state index is -0.219. The first-order valence-electron chi connectivity index (χ1n) is 11.3. The second kappa shape index (κ2) is 9.63. The molecule has 2 amide bonds. The molecule has 0 saturated heterocycles. The zero-order chi connectivity index (χ0) is 23.3. The van der Waals surface area contributed by atoms with Gasteiger partial charge in [0.2, 0.25) is 0 Å². The number of para-hydroxylation sites is 1. The van der Waals surface area contributed by atoms with Gasteiger partial charge < -0.3 is 15.0 Å². The molecule has 1 aliphatic heterocycles. The molecule has 0 aromatic heterocycles. The quantitative estimate of drug-likeness (QED) is 0.388. The van der Waals surface area contributed by atoms with Crippen LogP contribution in [0.25, 0.3) is 0 Å². The molecule has 5 nitrogen and oxygen atoms in total. The van der Waals surface area contributed by atoms with Crippen molar-refractivity contribution in [1.29, 1.82) is 0 Å². The fourth-order valence-electron chi connectivity index (χ4n) is 4.10. The Balaban J connectivity index is 1.31. The lowest BCUT2D eigenvalue weighted by Gasteiger charge is -2.30. The molecule has 34 heavy (non-hydrogen) atoms. The minimum Gasteiger partial charge on any atom is -0.457 e. The lowest BCUT2D eigenvalue weighted by atomic mass is 10.00. The molecule has 4 aromatic rings. The zero-order valence-electron chi connectivity index (χ0n) is 18.6. The molecule has 4 aromatic carbocycles. The van der Waals surface area contributed by atoms with Crippen molar-refractivity contribution in [2.24, 2.45) is 0 Å². The van der Waals surface area contributed by atoms with Gasteiger partial charge in [-0.3, -0.25) is 9.59 Å². The molecule has 0 radical (unpaired) electrons. The number of nitrogens with zero attached hydrogens (tertiary/aromatic N) is 1. The Kier molecular flexibility index (Phi) is 6.08. The van der Waals surface area contributed by atoms with Gasteiger partial charge in [0.15, 0.2) is 0 Å². The first kappa shape index (κ1) is 21.5. The largest absolute Gasteiger partial charge is 0.457 e. The van der Waals surface area contributed by atoms with E-state index in [-0.39, 0.29) is 11.8 Å². The normalized spacial score (nSPS) is 12.5. The highest BCUT2D eigenvalue weighted by Crippen LogP contribution is 2.31. The van der Waals surface area contributed by atoms with Crippen molar-refractivity contribution in [3.8, 4) is 11.5 Å². The number of rotatable bonds is 5. The summed E-state index contributed by atoms with van der Waals surface area (Å²) in [5, 5.41) is 2.96. The number of anilines is 2. The summed E-state index contributed by atoms with van der Waals surface area (Å²) in [6.07, 6.45) is 1.82. The van der Waals surface area contributed by atoms with Crippen molar-refractivity contribution in [2.75, 3.05) is 16.8 Å². The lowest BCUT2D eigenvalue weighted by Crippen LogP contribution is -2.35. The fraction of sp³-hybridized carbons (Fsp3) is 0.103. The monoisotopic (exact) mass is 448 g/mol. The summed E-state index contributed by atoms with van der Waals surface area (Å²) in [5.74, 6) is 1.15. The molecule has 0 fully saturated rings. The van der Waals surface area contributed by atoms with E-state index in [4.69, 9.17) is 4.74 Å². The van der Waals surface area contributed by atoms with E-state index in [0.717, 1.165) is 29.8 Å². The summed E-state index contributed by atoms with van der Waals surface area (Å²) in [6, 6.07) is 31.6. The summed E-state index contributed by atoms with van der Waals surface area (Å²) >= 11 is 0. The van der Waals surface area contributed by atoms with E-state index < -0.39 is 0 Å². The molecule has 0 spiro atoms. The Labute approximate surface area is 198 Å². The highest BCUT2D eigenvalue weighted by Gasteiger charge is 2.24. The van der Waals surface area contributed by atoms with Crippen LogP contribution in [0.2, 0.25) is 0 Å². The van der Waals surface area contributed by atoms with E-state index in [1.165, 1.54) is 0 Å². The van der Waals surface area contributed by atoms with Crippen LogP contribution in [0.3, 0.4) is 0 Å². The Hall–Kier alpha value is -4.38. The highest BCUT2D eigenvalue weighted by atomic mass is 16.5. The maximum atomic E-state index is 13.1. The number of nitrogens with one attached hydrogen (secondary N) is 1. The van der Waals surface area contributed by atoms with E-state index in [0.29, 0.717) is 29.1 Å². The highest BCUT2D eigenvalue weighted by molar-refractivity contribution is 6.08. The summed E-state index contributed by atoms with van der Waals surface area (Å²) in [7, 11) is 0. The molecule has 1 N–H and O–H groups in total. The average molecular weight is 449 g/mol. The SMILES string of the molecule is O=C(Nc1ccc2c(c1)N(C(=O)c1ccccc1)CCC2)c1ccc(Oc2ccccc2)cc1. The van der Waals surface area contributed by atoms with Gasteiger partial charge in [-0.25, -0.2) is 0 Å². The standard InChI is InChI=1S/C29H24N2O3/c32-28(22-14-17-26(18-15-22)34-25-11-5-2-6-12-25)30-24-16-13-21-10-7-19-31(27(21)20-24)29(33)23-8-3-1-4-9-23/h1-6,8-9,11-18,20H,7,10,19H2,(H,30,32). The molecule has 0 unspecified atom stereocenters. The first-order valence-corrected chi connectivity index (χ1v) is 11.3. The number of hydrogen-bond acceptors (Lipinski definition) is 3. The molecular formula is C29H24N2O3. The van der Waals surface area contributed by atoms with E-state index in [9.17, 15) is 9.59 Å². The molecule has 1 heterocycles. The average Bonchev–Trinajstić information content (AvgIpc) is 2.89. The van der Waals surface area contributed by atoms with Crippen LogP contribution in [0.1, 0.15) is 32.7 Å². The maximum Gasteiger partial charge on any atom is 0.258 e. The third-order valence-corrected chi connectivity index (χ3v) is 5.82. The molecule has 0 atom stereocenters. The summed E-state index contributed by atoms with van der Waals surface area (Å²) < 4.78 is 5.80. The number of ether oxygens (including phenoxy) is 1. The van der Waals surface area contributed by atoms with Crippen LogP contribution >= 0.6 is 0 Å². The van der Waals surface area contributed by atoms with E-state index in [1.54, 1.807) is 29.2 Å². The second-order valence-corrected chi connectivity index (χ2v) is 8.16. The summed E-state index contributed by atoms with van der Waals surface area (Å²) in [5.41, 5.74) is 3.79. The van der Waals surface area contributed by atoms with Gasteiger partial charge in [0.25, 0.3) is 11.8 Å². The molecule has 1 aliphatic rings. The van der Waals surface area contributed by atoms with Crippen molar-refractivity contribution < 1.29 is 14.3 Å². The smallest absolute Gasteiger partial charge is 0.258 e. The molecular weight excluding hydrogens is 424 g/mol. The Morgan fingerprint density at radius 2 is 1.41 bits per heavy atom. The van der Waals surface area contributed by atoms with Gasteiger partial charge in [-0.05, 0) is 79.1 Å². The molecule has 0 aliphatic carbocycles. The predicted octanol–water partition coefficient (Wildman–Crippen LogP) is 6.32. The van der Waals surface area contributed by atoms with Gasteiger partial charge in [0, 0.05) is 29.0 Å². The zero-order valence-corrected chi connectivity index (χ0v) is 18.6. The van der Waals surface area contributed by atoms with E-state index in [1.807, 2.05) is 78.9 Å². The maximum absolute atomic E-state index is 13.1. The van der Waals surface area contributed by atoms with Gasteiger partial charge >= 0.3 is 0 Å². The van der Waals surface area contributed by atoms with Crippen molar-refractivity contribution in [1.82, 2.24) is 0 Å². The topological polar surface area (TPSA) is 58.6 Å². The molecule has 0 bridgehead atoms. The van der Waals surface area contributed by atoms with Gasteiger partial charge in [-0.15, -0.1) is 0 Å². The number of benzene rings is 4. The number of amides is 2. The Morgan fingerprint density at radius 3 is 2.15 bits per heavy atom. The second-order valence-electron chi connectivity index (χ2n) is 8.16. The van der Waals surface area contributed by atoms with Crippen molar-refractivity contribution in [3.63, 3.8) is 0 Å². The van der Waals surface area contributed by atoms with Gasteiger partial charge in [-0.2, -0.15) is 0 Å². The van der Waals surface area contributed by atoms with Gasteiger partial charge in [0.1, 0.15) is 11.5 Å². The van der Waals surface area contributed by atoms with Crippen LogP contribution in [0.4, 0.5) is 11.4 Å². The Bertz CT molecular complexity index is 1300. The first-order chi connectivity index (χ1) is 16.7. The predicted molar refractivity (Wildman–Crippen MR) is 134 cm³/mol. The number of fused-ring (bicyclic) bond motifs is 1. The summed E-state index contributed by atoms with van der Waals surface area (Å²) in [4.78, 5) is 27.8. The van der Waals surface area contributed by atoms with Crippen LogP contribution in [0, 0.1) is 0 Å². The molecule has 168 valence electrons. The van der Waals surface area contributed by atoms with E-state index >= 15 is 0 Å². The van der Waals surface area contributed by atoms with E-state index in [2.05, 4.69) is 5.32 Å². The summed E-state index contributed by atoms with van der Waals surface area (Å²) in [6.45, 7) is 0.654. The van der Waals surface area contributed by atoms with Gasteiger partial charge in [0.05, 0.1) is 0 Å². The van der Waals surface area contributed by atoms with Crippen molar-refractivity contribution >= 4 is 23.2 Å². The van der Waals surface area contributed by atoms with Crippen LogP contribution in [-0.2, 0) is 6.42 Å². The van der Waals surface area contributed by atoms with Crippen LogP contribution in [0.5, 0.6) is 11.5 Å². The molecule has 0 saturated carbocycles. The third-order valence-electron chi connectivity index (χ3n) is 5.82. The van der Waals surface area contributed by atoms with Crippen molar-refractivity contribution in [3.05, 3.63) is 120 Å². The van der Waals surface area contributed by atoms with Crippen LogP contribution in [0.15, 0.2) is 103 Å². The molecule has 5 rings (SSSR count). The van der Waals surface area contributed by atoms with Crippen LogP contribution in [-0.4, -0.2) is 18.4 Å². The lowest BCUT2D eigenvalue weighted by molar-refractivity contribution is 0.0984. The molecule has 5 heteroatoms. The van der Waals surface area contributed by atoms with Crippen LogP contribution < -0.4 is 15.0 Å². The van der Waals surface area contributed by atoms with Crippen molar-refractivity contribution in [2.45, 2.75) is 12.8 Å². The number of hydrogen-bond donors (Lipinski definition) is 1. The third kappa shape index (κ3) is 4.69. The number of aryl methyl sites for hydroxylation is 1. The number of carbonyl (C=O) groups is 2.